The third-order valence-electron chi connectivity index (χ3n) is 3.63. The van der Waals surface area contributed by atoms with Crippen LogP contribution in [0, 0.1) is 17.2 Å². The molecule has 2 fully saturated rings. The number of rotatable bonds is 2. The van der Waals surface area contributed by atoms with Gasteiger partial charge in [-0.2, -0.15) is 5.26 Å². The second kappa shape index (κ2) is 6.03. The van der Waals surface area contributed by atoms with E-state index in [-0.39, 0.29) is 11.2 Å². The zero-order chi connectivity index (χ0) is 15.7. The van der Waals surface area contributed by atoms with E-state index in [2.05, 4.69) is 16.3 Å². The van der Waals surface area contributed by atoms with Gasteiger partial charge in [0.2, 0.25) is 0 Å². The molecular formula is C15H12ClN3O2S. The summed E-state index contributed by atoms with van der Waals surface area (Å²) in [5.41, 5.74) is 1.58. The molecule has 0 spiro atoms. The van der Waals surface area contributed by atoms with Crippen LogP contribution in [-0.4, -0.2) is 24.2 Å². The number of hydrogen-bond acceptors (Lipinski definition) is 5. The number of halogens is 1. The summed E-state index contributed by atoms with van der Waals surface area (Å²) in [6, 6.07) is 7.71. The summed E-state index contributed by atoms with van der Waals surface area (Å²) >= 11 is 7.20. The lowest BCUT2D eigenvalue weighted by Gasteiger charge is -2.22. The van der Waals surface area contributed by atoms with E-state index in [9.17, 15) is 9.59 Å². The molecule has 2 heterocycles. The number of carbonyl (C=O) groups is 2. The van der Waals surface area contributed by atoms with E-state index in [1.54, 1.807) is 18.2 Å². The fourth-order valence-electron chi connectivity index (χ4n) is 2.61. The molecule has 2 aliphatic heterocycles. The molecule has 0 bridgehead atoms. The quantitative estimate of drug-likeness (QED) is 0.842. The molecule has 7 heteroatoms. The van der Waals surface area contributed by atoms with Gasteiger partial charge in [-0.3, -0.25) is 14.9 Å². The number of amides is 2. The van der Waals surface area contributed by atoms with Crippen molar-refractivity contribution in [3.05, 3.63) is 33.7 Å². The molecule has 1 unspecified atom stereocenters. The number of thioether (sulfide) groups is 1. The van der Waals surface area contributed by atoms with Crippen LogP contribution < -0.4 is 10.2 Å². The highest BCUT2D eigenvalue weighted by Gasteiger charge is 2.28. The Bertz CT molecular complexity index is 726. The van der Waals surface area contributed by atoms with Crippen LogP contribution in [-0.2, 0) is 4.79 Å². The summed E-state index contributed by atoms with van der Waals surface area (Å²) in [6.07, 6.45) is 2.47. The SMILES string of the molecule is N#CC1CCN(c2c(Cl)cccc2C=C2SC(=O)NC2=O)C1. The fraction of sp³-hybridized carbons (Fsp3) is 0.267. The number of nitrogens with zero attached hydrogens (tertiary/aromatic N) is 2. The maximum atomic E-state index is 11.7. The van der Waals surface area contributed by atoms with E-state index < -0.39 is 5.91 Å². The maximum absolute atomic E-state index is 11.7. The Morgan fingerprint density at radius 3 is 2.91 bits per heavy atom. The number of nitrogens with one attached hydrogen (secondary N) is 1. The molecule has 1 aromatic rings. The zero-order valence-corrected chi connectivity index (χ0v) is 13.1. The van der Waals surface area contributed by atoms with E-state index in [1.807, 2.05) is 6.07 Å². The number of hydrogen-bond donors (Lipinski definition) is 1. The highest BCUT2D eigenvalue weighted by Crippen LogP contribution is 2.36. The van der Waals surface area contributed by atoms with E-state index in [4.69, 9.17) is 16.9 Å². The van der Waals surface area contributed by atoms with Crippen molar-refractivity contribution in [1.29, 1.82) is 5.26 Å². The molecule has 5 nitrogen and oxygen atoms in total. The summed E-state index contributed by atoms with van der Waals surface area (Å²) in [6.45, 7) is 1.37. The van der Waals surface area contributed by atoms with Crippen molar-refractivity contribution in [2.24, 2.45) is 5.92 Å². The first-order chi connectivity index (χ1) is 10.6. The van der Waals surface area contributed by atoms with Crippen LogP contribution in [0.25, 0.3) is 6.08 Å². The molecule has 0 saturated carbocycles. The molecule has 0 aliphatic carbocycles. The monoisotopic (exact) mass is 333 g/mol. The standard InChI is InChI=1S/C15H12ClN3O2S/c16-11-3-1-2-10(6-12-14(20)18-15(21)22-12)13(11)19-5-4-9(7-17)8-19/h1-3,6,9H,4-5,8H2,(H,18,20,21). The molecule has 112 valence electrons. The lowest BCUT2D eigenvalue weighted by molar-refractivity contribution is -0.115. The third kappa shape index (κ3) is 2.82. The molecule has 0 radical (unpaired) electrons. The van der Waals surface area contributed by atoms with Gasteiger partial charge in [0.05, 0.1) is 27.6 Å². The number of anilines is 1. The first-order valence-corrected chi connectivity index (χ1v) is 7.96. The molecule has 1 aromatic carbocycles. The molecule has 0 aromatic heterocycles. The van der Waals surface area contributed by atoms with E-state index >= 15 is 0 Å². The van der Waals surface area contributed by atoms with E-state index in [0.717, 1.165) is 36.0 Å². The van der Waals surface area contributed by atoms with Gasteiger partial charge in [0.1, 0.15) is 0 Å². The van der Waals surface area contributed by atoms with Gasteiger partial charge in [-0.05, 0) is 30.3 Å². The maximum Gasteiger partial charge on any atom is 0.290 e. The zero-order valence-electron chi connectivity index (χ0n) is 11.5. The van der Waals surface area contributed by atoms with E-state index in [1.165, 1.54) is 0 Å². The molecule has 2 aliphatic rings. The van der Waals surface area contributed by atoms with Crippen molar-refractivity contribution in [3.8, 4) is 6.07 Å². The van der Waals surface area contributed by atoms with Gasteiger partial charge in [-0.25, -0.2) is 0 Å². The van der Waals surface area contributed by atoms with Crippen molar-refractivity contribution in [2.45, 2.75) is 6.42 Å². The lowest BCUT2D eigenvalue weighted by Crippen LogP contribution is -2.21. The van der Waals surface area contributed by atoms with Gasteiger partial charge in [0, 0.05) is 18.7 Å². The van der Waals surface area contributed by atoms with Crippen LogP contribution >= 0.6 is 23.4 Å². The Morgan fingerprint density at radius 2 is 2.27 bits per heavy atom. The number of imide groups is 1. The molecule has 1 N–H and O–H groups in total. The van der Waals surface area contributed by atoms with Crippen LogP contribution in [0.15, 0.2) is 23.1 Å². The normalized spacial score (nSPS) is 23.0. The predicted octanol–water partition coefficient (Wildman–Crippen LogP) is 3.01. The lowest BCUT2D eigenvalue weighted by atomic mass is 10.1. The van der Waals surface area contributed by atoms with Crippen LogP contribution in [0.3, 0.4) is 0 Å². The highest BCUT2D eigenvalue weighted by molar-refractivity contribution is 8.18. The van der Waals surface area contributed by atoms with Crippen molar-refractivity contribution in [3.63, 3.8) is 0 Å². The topological polar surface area (TPSA) is 73.2 Å². The first-order valence-electron chi connectivity index (χ1n) is 6.76. The van der Waals surface area contributed by atoms with Gasteiger partial charge in [-0.15, -0.1) is 0 Å². The number of carbonyl (C=O) groups excluding carboxylic acids is 2. The van der Waals surface area contributed by atoms with Crippen molar-refractivity contribution >= 4 is 46.3 Å². The molecule has 2 amide bonds. The third-order valence-corrected chi connectivity index (χ3v) is 4.75. The minimum Gasteiger partial charge on any atom is -0.368 e. The van der Waals surface area contributed by atoms with Crippen molar-refractivity contribution in [1.82, 2.24) is 5.32 Å². The minimum absolute atomic E-state index is 0.0116. The van der Waals surface area contributed by atoms with Gasteiger partial charge in [-0.1, -0.05) is 23.7 Å². The molecule has 22 heavy (non-hydrogen) atoms. The fourth-order valence-corrected chi connectivity index (χ4v) is 3.59. The number of nitriles is 1. The van der Waals surface area contributed by atoms with Crippen LogP contribution in [0.4, 0.5) is 10.5 Å². The highest BCUT2D eigenvalue weighted by atomic mass is 35.5. The summed E-state index contributed by atoms with van der Waals surface area (Å²) in [5, 5.41) is 11.5. The minimum atomic E-state index is -0.391. The van der Waals surface area contributed by atoms with Gasteiger partial charge < -0.3 is 4.90 Å². The molecule has 3 rings (SSSR count). The van der Waals surface area contributed by atoms with Crippen molar-refractivity contribution < 1.29 is 9.59 Å². The summed E-state index contributed by atoms with van der Waals surface area (Å²) < 4.78 is 0. The summed E-state index contributed by atoms with van der Waals surface area (Å²) in [7, 11) is 0. The van der Waals surface area contributed by atoms with Crippen molar-refractivity contribution in [2.75, 3.05) is 18.0 Å². The Morgan fingerprint density at radius 1 is 1.45 bits per heavy atom. The van der Waals surface area contributed by atoms with Gasteiger partial charge >= 0.3 is 0 Å². The first kappa shape index (κ1) is 14.9. The Balaban J connectivity index is 1.98. The van der Waals surface area contributed by atoms with Gasteiger partial charge in [0.15, 0.2) is 0 Å². The molecule has 1 atom stereocenters. The Kier molecular flexibility index (Phi) is 4.10. The molecular weight excluding hydrogens is 322 g/mol. The Labute approximate surface area is 136 Å². The average Bonchev–Trinajstić information content (AvgIpc) is 3.06. The van der Waals surface area contributed by atoms with Gasteiger partial charge in [0.25, 0.3) is 11.1 Å². The van der Waals surface area contributed by atoms with E-state index in [0.29, 0.717) is 16.5 Å². The Hall–Kier alpha value is -1.97. The molecule has 2 saturated heterocycles. The second-order valence-electron chi connectivity index (χ2n) is 5.09. The average molecular weight is 334 g/mol. The van der Waals surface area contributed by atoms with Crippen LogP contribution in [0.2, 0.25) is 5.02 Å². The smallest absolute Gasteiger partial charge is 0.290 e. The number of para-hydroxylation sites is 1. The predicted molar refractivity (Wildman–Crippen MR) is 86.5 cm³/mol. The van der Waals surface area contributed by atoms with Crippen LogP contribution in [0.1, 0.15) is 12.0 Å². The van der Waals surface area contributed by atoms with Crippen LogP contribution in [0.5, 0.6) is 0 Å². The second-order valence-corrected chi connectivity index (χ2v) is 6.51. The summed E-state index contributed by atoms with van der Waals surface area (Å²) in [5.74, 6) is -0.403. The largest absolute Gasteiger partial charge is 0.368 e. The summed E-state index contributed by atoms with van der Waals surface area (Å²) in [4.78, 5) is 25.4. The number of benzene rings is 1.